The Balaban J connectivity index is 1.36. The molecule has 6 rings (SSSR count). The minimum Gasteiger partial charge on any atom is -0.393 e. The molecule has 0 saturated heterocycles. The molecule has 0 spiro atoms. The Labute approximate surface area is 205 Å². The summed E-state index contributed by atoms with van der Waals surface area (Å²) < 4.78 is 15.4. The largest absolute Gasteiger partial charge is 0.393 e. The molecule has 4 aliphatic rings. The van der Waals surface area contributed by atoms with Crippen LogP contribution in [0.3, 0.4) is 0 Å². The molecule has 184 valence electrons. The molecule has 0 unspecified atom stereocenters. The Morgan fingerprint density at radius 1 is 1.20 bits per heavy atom. The zero-order valence-electron chi connectivity index (χ0n) is 20.3. The zero-order chi connectivity index (χ0) is 24.6. The second-order valence-electron chi connectivity index (χ2n) is 11.6. The first-order valence-corrected chi connectivity index (χ1v) is 12.8. The van der Waals surface area contributed by atoms with Crippen molar-refractivity contribution in [3.8, 4) is 17.5 Å². The number of allylic oxidation sites excluding steroid dienone is 1. The second-order valence-corrected chi connectivity index (χ2v) is 11.6. The van der Waals surface area contributed by atoms with E-state index < -0.39 is 17.1 Å². The summed E-state index contributed by atoms with van der Waals surface area (Å²) in [5.74, 6) is 6.10. The van der Waals surface area contributed by atoms with Gasteiger partial charge in [-0.05, 0) is 97.6 Å². The predicted molar refractivity (Wildman–Crippen MR) is 131 cm³/mol. The van der Waals surface area contributed by atoms with E-state index in [1.807, 2.05) is 10.9 Å². The molecule has 0 radical (unpaired) electrons. The van der Waals surface area contributed by atoms with Crippen LogP contribution in [0.1, 0.15) is 57.2 Å². The molecule has 3 fully saturated rings. The molecule has 6 heteroatoms. The number of benzene rings is 1. The third-order valence-electron chi connectivity index (χ3n) is 10.0. The van der Waals surface area contributed by atoms with Crippen molar-refractivity contribution in [2.75, 3.05) is 6.61 Å². The number of rotatable bonds is 1. The predicted octanol–water partition coefficient (Wildman–Crippen LogP) is 3.89. The lowest BCUT2D eigenvalue weighted by Gasteiger charge is -2.60. The Hall–Kier alpha value is -2.46. The Kier molecular flexibility index (Phi) is 5.10. The van der Waals surface area contributed by atoms with E-state index in [0.29, 0.717) is 18.8 Å². The lowest BCUT2D eigenvalue weighted by Crippen LogP contribution is -2.59. The van der Waals surface area contributed by atoms with Crippen molar-refractivity contribution in [2.45, 2.75) is 64.1 Å². The van der Waals surface area contributed by atoms with Gasteiger partial charge in [-0.25, -0.2) is 9.07 Å². The molecule has 5 nitrogen and oxygen atoms in total. The summed E-state index contributed by atoms with van der Waals surface area (Å²) in [5.41, 5.74) is 2.56. The van der Waals surface area contributed by atoms with Crippen LogP contribution in [0, 0.1) is 46.2 Å². The highest BCUT2D eigenvalue weighted by Gasteiger charge is 2.66. The summed E-state index contributed by atoms with van der Waals surface area (Å²) >= 11 is 0. The molecule has 0 amide bonds. The van der Waals surface area contributed by atoms with Crippen molar-refractivity contribution in [3.05, 3.63) is 53.1 Å². The van der Waals surface area contributed by atoms with Crippen LogP contribution in [0.25, 0.3) is 11.8 Å². The molecule has 2 aromatic rings. The summed E-state index contributed by atoms with van der Waals surface area (Å²) in [7, 11) is 0. The lowest BCUT2D eigenvalue weighted by molar-refractivity contribution is -0.152. The van der Waals surface area contributed by atoms with E-state index in [4.69, 9.17) is 0 Å². The lowest BCUT2D eigenvalue weighted by atomic mass is 9.45. The van der Waals surface area contributed by atoms with Crippen LogP contribution in [-0.4, -0.2) is 43.4 Å². The molecule has 1 aromatic carbocycles. The van der Waals surface area contributed by atoms with Crippen molar-refractivity contribution < 1.29 is 19.7 Å². The van der Waals surface area contributed by atoms with E-state index in [0.717, 1.165) is 42.6 Å². The molecule has 1 aromatic heterocycles. The van der Waals surface area contributed by atoms with E-state index in [-0.39, 0.29) is 29.7 Å². The van der Waals surface area contributed by atoms with Crippen molar-refractivity contribution >= 4 is 6.08 Å². The standard InChI is InChI=1S/C29H33FN2O3/c1-27-15-18-17-31-32(21-7-5-20(30)6-8-21)24(18)14-19(27)4-9-22-23-10-12-29(35,11-3-13-33)28(23,2)16-25(34)26(22)27/h5-8,14,17,22-23,25-26,33-35H,4,9-10,12-13,15-16H2,1-2H3/t22-,23-,25-,26+,27-,28-,29-/m0/s1. The van der Waals surface area contributed by atoms with Gasteiger partial charge in [0.2, 0.25) is 0 Å². The zero-order valence-corrected chi connectivity index (χ0v) is 20.3. The average Bonchev–Trinajstić information content (AvgIpc) is 3.33. The van der Waals surface area contributed by atoms with Gasteiger partial charge in [-0.2, -0.15) is 5.10 Å². The van der Waals surface area contributed by atoms with Gasteiger partial charge in [0.25, 0.3) is 0 Å². The summed E-state index contributed by atoms with van der Waals surface area (Å²) in [5, 5.41) is 37.0. The molecule has 35 heavy (non-hydrogen) atoms. The molecule has 3 saturated carbocycles. The molecule has 0 bridgehead atoms. The molecule has 7 atom stereocenters. The van der Waals surface area contributed by atoms with Crippen LogP contribution in [-0.2, 0) is 6.42 Å². The van der Waals surface area contributed by atoms with E-state index in [2.05, 4.69) is 36.9 Å². The van der Waals surface area contributed by atoms with Gasteiger partial charge in [-0.1, -0.05) is 31.3 Å². The molecule has 0 aliphatic heterocycles. The molecular formula is C29H33FN2O3. The van der Waals surface area contributed by atoms with Crippen molar-refractivity contribution in [3.63, 3.8) is 0 Å². The summed E-state index contributed by atoms with van der Waals surface area (Å²) in [4.78, 5) is 0. The van der Waals surface area contributed by atoms with E-state index >= 15 is 0 Å². The number of aliphatic hydroxyl groups is 3. The number of fused-ring (bicyclic) bond motifs is 6. The topological polar surface area (TPSA) is 78.5 Å². The Bertz CT molecular complexity index is 1260. The SMILES string of the molecule is C[C@]12Cc3cnn(-c4ccc(F)cc4)c3C=C1CC[C@@H]1[C@@H]2[C@@H](O)C[C@@]2(C)[C@H]1CC[C@@]2(O)C#CCO. The van der Waals surface area contributed by atoms with Crippen LogP contribution < -0.4 is 0 Å². The van der Waals surface area contributed by atoms with Crippen LogP contribution in [0.4, 0.5) is 4.39 Å². The van der Waals surface area contributed by atoms with Gasteiger partial charge in [0.05, 0.1) is 23.7 Å². The van der Waals surface area contributed by atoms with Crippen LogP contribution in [0.15, 0.2) is 36.0 Å². The van der Waals surface area contributed by atoms with Gasteiger partial charge in [-0.15, -0.1) is 0 Å². The summed E-state index contributed by atoms with van der Waals surface area (Å²) in [6.07, 6.45) is 8.37. The maximum Gasteiger partial charge on any atom is 0.131 e. The molecule has 4 aliphatic carbocycles. The number of aromatic nitrogens is 2. The number of hydrogen-bond acceptors (Lipinski definition) is 4. The van der Waals surface area contributed by atoms with Crippen LogP contribution in [0.2, 0.25) is 0 Å². The second kappa shape index (κ2) is 7.77. The van der Waals surface area contributed by atoms with Crippen LogP contribution in [0.5, 0.6) is 0 Å². The van der Waals surface area contributed by atoms with Crippen molar-refractivity contribution in [2.24, 2.45) is 28.6 Å². The summed E-state index contributed by atoms with van der Waals surface area (Å²) in [6, 6.07) is 6.41. The first-order chi connectivity index (χ1) is 16.7. The Morgan fingerprint density at radius 2 is 1.97 bits per heavy atom. The van der Waals surface area contributed by atoms with Crippen molar-refractivity contribution in [1.29, 1.82) is 0 Å². The molecular weight excluding hydrogens is 443 g/mol. The third-order valence-corrected chi connectivity index (χ3v) is 10.0. The Morgan fingerprint density at radius 3 is 2.71 bits per heavy atom. The van der Waals surface area contributed by atoms with E-state index in [1.165, 1.54) is 17.7 Å². The normalized spacial score (nSPS) is 39.4. The third kappa shape index (κ3) is 3.15. The maximum atomic E-state index is 13.5. The van der Waals surface area contributed by atoms with Gasteiger partial charge in [0, 0.05) is 5.41 Å². The van der Waals surface area contributed by atoms with Gasteiger partial charge < -0.3 is 15.3 Å². The number of nitrogens with zero attached hydrogens (tertiary/aromatic N) is 2. The highest BCUT2D eigenvalue weighted by Crippen LogP contribution is 2.67. The highest BCUT2D eigenvalue weighted by atomic mass is 19.1. The fraction of sp³-hybridized carbons (Fsp3) is 0.552. The highest BCUT2D eigenvalue weighted by molar-refractivity contribution is 5.61. The quantitative estimate of drug-likeness (QED) is 0.546. The van der Waals surface area contributed by atoms with Gasteiger partial charge in [0.1, 0.15) is 18.0 Å². The average molecular weight is 477 g/mol. The molecule has 1 heterocycles. The number of hydrogen-bond donors (Lipinski definition) is 3. The van der Waals surface area contributed by atoms with Crippen LogP contribution >= 0.6 is 0 Å². The monoisotopic (exact) mass is 476 g/mol. The number of halogens is 1. The number of aliphatic hydroxyl groups excluding tert-OH is 2. The minimum atomic E-state index is -1.17. The molecule has 3 N–H and O–H groups in total. The van der Waals surface area contributed by atoms with Gasteiger partial charge in [-0.3, -0.25) is 0 Å². The first kappa shape index (κ1) is 23.0. The minimum absolute atomic E-state index is 0.107. The maximum absolute atomic E-state index is 13.5. The van der Waals surface area contributed by atoms with Gasteiger partial charge >= 0.3 is 0 Å². The fourth-order valence-electron chi connectivity index (χ4n) is 8.37. The van der Waals surface area contributed by atoms with Crippen molar-refractivity contribution in [1.82, 2.24) is 9.78 Å². The smallest absolute Gasteiger partial charge is 0.131 e. The van der Waals surface area contributed by atoms with Gasteiger partial charge in [0.15, 0.2) is 0 Å². The summed E-state index contributed by atoms with van der Waals surface area (Å²) in [6.45, 7) is 4.12. The van der Waals surface area contributed by atoms with E-state index in [9.17, 15) is 19.7 Å². The fourth-order valence-corrected chi connectivity index (χ4v) is 8.37. The van der Waals surface area contributed by atoms with E-state index in [1.54, 1.807) is 12.1 Å². The first-order valence-electron chi connectivity index (χ1n) is 12.8.